The van der Waals surface area contributed by atoms with Crippen molar-refractivity contribution in [1.29, 1.82) is 0 Å². The average Bonchev–Trinajstić information content (AvgIpc) is 3.15. The highest BCUT2D eigenvalue weighted by molar-refractivity contribution is 8.08. The molecule has 0 amide bonds. The van der Waals surface area contributed by atoms with Crippen molar-refractivity contribution in [2.24, 2.45) is 0 Å². The highest BCUT2D eigenvalue weighted by Gasteiger charge is 2.43. The summed E-state index contributed by atoms with van der Waals surface area (Å²) >= 11 is 0. The fourth-order valence-electron chi connectivity index (χ4n) is 4.47. The summed E-state index contributed by atoms with van der Waals surface area (Å²) in [5.41, 5.74) is 0.255. The van der Waals surface area contributed by atoms with E-state index in [1.807, 2.05) is 30.3 Å². The second-order valence-electron chi connectivity index (χ2n) is 7.70. The first-order valence-electron chi connectivity index (χ1n) is 10.1. The van der Waals surface area contributed by atoms with Gasteiger partial charge in [0.25, 0.3) is 0 Å². The molecule has 4 heteroatoms. The molecular formula is C24H26BOP2+. The Labute approximate surface area is 170 Å². The van der Waals surface area contributed by atoms with Crippen LogP contribution in [0.3, 0.4) is 0 Å². The van der Waals surface area contributed by atoms with E-state index in [0.717, 1.165) is 36.9 Å². The first-order valence-corrected chi connectivity index (χ1v) is 14.1. The predicted octanol–water partition coefficient (Wildman–Crippen LogP) is 4.98. The fraction of sp³-hybridized carbons (Fsp3) is 0.250. The molecule has 1 aliphatic heterocycles. The van der Waals surface area contributed by atoms with Crippen LogP contribution < -0.4 is 15.9 Å². The van der Waals surface area contributed by atoms with Crippen molar-refractivity contribution < 1.29 is 4.57 Å². The smallest absolute Gasteiger partial charge is 0.318 e. The average molecular weight is 403 g/mol. The van der Waals surface area contributed by atoms with E-state index in [1.54, 1.807) is 0 Å². The summed E-state index contributed by atoms with van der Waals surface area (Å²) in [5.74, 6) is 0. The molecule has 2 atom stereocenters. The van der Waals surface area contributed by atoms with Gasteiger partial charge in [0.15, 0.2) is 0 Å². The van der Waals surface area contributed by atoms with Crippen LogP contribution in [0.1, 0.15) is 19.3 Å². The second kappa shape index (κ2) is 8.40. The van der Waals surface area contributed by atoms with Gasteiger partial charge in [0.1, 0.15) is 7.14 Å². The van der Waals surface area contributed by atoms with Crippen molar-refractivity contribution in [1.82, 2.24) is 0 Å². The molecule has 2 radical (unpaired) electrons. The normalized spacial score (nSPS) is 22.2. The Morgan fingerprint density at radius 3 is 1.86 bits per heavy atom. The van der Waals surface area contributed by atoms with E-state index >= 15 is 0 Å². The molecule has 3 aromatic carbocycles. The topological polar surface area (TPSA) is 17.1 Å². The van der Waals surface area contributed by atoms with Crippen LogP contribution >= 0.6 is 14.3 Å². The largest absolute Gasteiger partial charge is 0.377 e. The van der Waals surface area contributed by atoms with Crippen LogP contribution in [-0.2, 0) is 4.57 Å². The summed E-state index contributed by atoms with van der Waals surface area (Å²) in [6.45, 7) is 0. The monoisotopic (exact) mass is 403 g/mol. The van der Waals surface area contributed by atoms with E-state index in [4.69, 9.17) is 7.57 Å². The summed E-state index contributed by atoms with van der Waals surface area (Å²) in [6.07, 6.45) is 4.79. The molecule has 1 unspecified atom stereocenters. The molecule has 4 rings (SSSR count). The van der Waals surface area contributed by atoms with E-state index < -0.39 is 14.3 Å². The Balaban J connectivity index is 1.63. The van der Waals surface area contributed by atoms with Gasteiger partial charge < -0.3 is 4.57 Å². The van der Waals surface area contributed by atoms with E-state index in [9.17, 15) is 4.57 Å². The third-order valence-electron chi connectivity index (χ3n) is 6.06. The van der Waals surface area contributed by atoms with Crippen LogP contribution in [0.25, 0.3) is 0 Å². The lowest BCUT2D eigenvalue weighted by atomic mass is 10.2. The maximum atomic E-state index is 13.9. The lowest BCUT2D eigenvalue weighted by molar-refractivity contribution is 0.575. The van der Waals surface area contributed by atoms with Gasteiger partial charge >= 0.3 is 7.57 Å². The van der Waals surface area contributed by atoms with Gasteiger partial charge in [-0.25, -0.2) is 0 Å². The lowest BCUT2D eigenvalue weighted by Crippen LogP contribution is -2.27. The van der Waals surface area contributed by atoms with Crippen LogP contribution in [-0.4, -0.2) is 25.5 Å². The van der Waals surface area contributed by atoms with Gasteiger partial charge in [0.2, 0.25) is 0 Å². The van der Waals surface area contributed by atoms with Crippen LogP contribution in [0.15, 0.2) is 91.0 Å². The van der Waals surface area contributed by atoms with Crippen LogP contribution in [0, 0.1) is 0 Å². The first-order chi connectivity index (χ1) is 13.6. The van der Waals surface area contributed by atoms with E-state index in [1.165, 1.54) is 10.6 Å². The minimum absolute atomic E-state index is 0.255. The molecule has 3 aromatic rings. The molecule has 0 saturated carbocycles. The molecule has 28 heavy (non-hydrogen) atoms. The molecule has 1 aliphatic rings. The SMILES string of the molecule is [B][P+](CC[C@H]1CCCP1(=O)c1ccccc1)(c1ccccc1)c1ccccc1. The zero-order valence-corrected chi connectivity index (χ0v) is 17.9. The number of hydrogen-bond acceptors (Lipinski definition) is 1. The molecular weight excluding hydrogens is 377 g/mol. The molecule has 1 nitrogen and oxygen atoms in total. The molecule has 0 N–H and O–H groups in total. The van der Waals surface area contributed by atoms with Gasteiger partial charge in [-0.15, -0.1) is 0 Å². The molecule has 1 heterocycles. The highest BCUT2D eigenvalue weighted by atomic mass is 31.2. The van der Waals surface area contributed by atoms with Crippen molar-refractivity contribution in [3.8, 4) is 0 Å². The van der Waals surface area contributed by atoms with Crippen LogP contribution in [0.4, 0.5) is 0 Å². The van der Waals surface area contributed by atoms with Gasteiger partial charge in [-0.1, -0.05) is 66.7 Å². The zero-order chi connectivity index (χ0) is 19.5. The Morgan fingerprint density at radius 2 is 1.32 bits per heavy atom. The van der Waals surface area contributed by atoms with Crippen molar-refractivity contribution in [2.75, 3.05) is 12.3 Å². The molecule has 0 spiro atoms. The van der Waals surface area contributed by atoms with Crippen molar-refractivity contribution in [3.63, 3.8) is 0 Å². The number of hydrogen-bond donors (Lipinski definition) is 0. The number of rotatable bonds is 6. The summed E-state index contributed by atoms with van der Waals surface area (Å²) in [4.78, 5) is 0. The van der Waals surface area contributed by atoms with Crippen molar-refractivity contribution in [2.45, 2.75) is 24.9 Å². The van der Waals surface area contributed by atoms with Crippen LogP contribution in [0.5, 0.6) is 0 Å². The first kappa shape index (κ1) is 19.7. The zero-order valence-electron chi connectivity index (χ0n) is 16.2. The maximum Gasteiger partial charge on any atom is 0.377 e. The summed E-state index contributed by atoms with van der Waals surface area (Å²) < 4.78 is 13.9. The Kier molecular flexibility index (Phi) is 5.91. The van der Waals surface area contributed by atoms with Gasteiger partial charge in [-0.3, -0.25) is 0 Å². The molecule has 1 fully saturated rings. The van der Waals surface area contributed by atoms with Crippen LogP contribution in [0.2, 0.25) is 0 Å². The maximum absolute atomic E-state index is 13.9. The molecule has 140 valence electrons. The van der Waals surface area contributed by atoms with E-state index in [-0.39, 0.29) is 5.66 Å². The minimum atomic E-state index is -2.34. The molecule has 0 bridgehead atoms. The van der Waals surface area contributed by atoms with Crippen molar-refractivity contribution in [3.05, 3.63) is 91.0 Å². The van der Waals surface area contributed by atoms with Gasteiger partial charge in [0.05, 0.1) is 16.8 Å². The Bertz CT molecular complexity index is 905. The predicted molar refractivity (Wildman–Crippen MR) is 126 cm³/mol. The molecule has 0 aliphatic carbocycles. The van der Waals surface area contributed by atoms with E-state index in [0.29, 0.717) is 0 Å². The Morgan fingerprint density at radius 1 is 0.821 bits per heavy atom. The number of benzene rings is 3. The Hall–Kier alpha value is -1.62. The van der Waals surface area contributed by atoms with Crippen molar-refractivity contribution >= 4 is 37.8 Å². The minimum Gasteiger partial charge on any atom is -0.318 e. The van der Waals surface area contributed by atoms with E-state index in [2.05, 4.69) is 60.7 Å². The highest BCUT2D eigenvalue weighted by Crippen LogP contribution is 2.61. The standard InChI is InChI=1S/C24H26BOP2/c25-27(21-11-4-1-5-12-21,22-13-6-2-7-14-22)20-18-24-17-10-19-28(24,26)23-15-8-3-9-16-23/h1-9,11-16,24H,10,17-20H2/q+1/t24-,28?/m1/s1. The van der Waals surface area contributed by atoms with Gasteiger partial charge in [-0.05, 0) is 43.5 Å². The molecule has 0 aromatic heterocycles. The quantitative estimate of drug-likeness (QED) is 0.419. The van der Waals surface area contributed by atoms with Gasteiger partial charge in [0, 0.05) is 24.3 Å². The third-order valence-corrected chi connectivity index (χ3v) is 13.3. The summed E-state index contributed by atoms with van der Waals surface area (Å²) in [5, 5.41) is 3.51. The third kappa shape index (κ3) is 3.78. The molecule has 1 saturated heterocycles. The lowest BCUT2D eigenvalue weighted by Gasteiger charge is -2.27. The fourth-order valence-corrected chi connectivity index (χ4v) is 11.1. The van der Waals surface area contributed by atoms with Gasteiger partial charge in [-0.2, -0.15) is 0 Å². The summed E-state index contributed by atoms with van der Waals surface area (Å²) in [6, 6.07) is 31.1. The second-order valence-corrected chi connectivity index (χ2v) is 14.2. The summed E-state index contributed by atoms with van der Waals surface area (Å²) in [7, 11) is 2.83.